The highest BCUT2D eigenvalue weighted by Gasteiger charge is 2.07. The standard InChI is InChI=1S/C22H25NO3/c1-15(2)19-9-6-18(7-10-19)8-12-22(25)26-14-21(24)23-20-11-5-16(3)13-17(20)4/h5-13,15H,14H2,1-4H3,(H,23,24)/b12-8+. The summed E-state index contributed by atoms with van der Waals surface area (Å²) in [5.74, 6) is -0.442. The van der Waals surface area contributed by atoms with Crippen LogP contribution in [0.5, 0.6) is 0 Å². The number of hydrogen-bond donors (Lipinski definition) is 1. The van der Waals surface area contributed by atoms with Crippen molar-refractivity contribution in [3.8, 4) is 0 Å². The van der Waals surface area contributed by atoms with Crippen LogP contribution in [0.3, 0.4) is 0 Å². The van der Waals surface area contributed by atoms with Gasteiger partial charge in [-0.3, -0.25) is 4.79 Å². The third-order valence-electron chi connectivity index (χ3n) is 4.02. The second-order valence-corrected chi connectivity index (χ2v) is 6.63. The quantitative estimate of drug-likeness (QED) is 0.610. The van der Waals surface area contributed by atoms with Crippen molar-refractivity contribution >= 4 is 23.6 Å². The van der Waals surface area contributed by atoms with Gasteiger partial charge < -0.3 is 10.1 Å². The second kappa shape index (κ2) is 8.99. The van der Waals surface area contributed by atoms with E-state index in [2.05, 4.69) is 19.2 Å². The summed E-state index contributed by atoms with van der Waals surface area (Å²) in [6.07, 6.45) is 3.00. The number of rotatable bonds is 6. The van der Waals surface area contributed by atoms with E-state index in [1.54, 1.807) is 6.08 Å². The zero-order valence-corrected chi connectivity index (χ0v) is 15.7. The number of ether oxygens (including phenoxy) is 1. The van der Waals surface area contributed by atoms with E-state index in [0.29, 0.717) is 5.92 Å². The molecule has 4 heteroatoms. The fourth-order valence-corrected chi connectivity index (χ4v) is 2.48. The van der Waals surface area contributed by atoms with Gasteiger partial charge in [-0.1, -0.05) is 55.8 Å². The second-order valence-electron chi connectivity index (χ2n) is 6.63. The Morgan fingerprint density at radius 1 is 1.08 bits per heavy atom. The number of esters is 1. The zero-order chi connectivity index (χ0) is 19.1. The minimum absolute atomic E-state index is 0.317. The molecule has 136 valence electrons. The molecule has 1 N–H and O–H groups in total. The summed E-state index contributed by atoms with van der Waals surface area (Å²) in [6, 6.07) is 13.7. The van der Waals surface area contributed by atoms with E-state index in [0.717, 1.165) is 22.4 Å². The Bertz CT molecular complexity index is 805. The van der Waals surface area contributed by atoms with Crippen LogP contribution in [0.1, 0.15) is 42.0 Å². The Labute approximate surface area is 154 Å². The van der Waals surface area contributed by atoms with E-state index < -0.39 is 5.97 Å². The monoisotopic (exact) mass is 351 g/mol. The topological polar surface area (TPSA) is 55.4 Å². The zero-order valence-electron chi connectivity index (χ0n) is 15.7. The van der Waals surface area contributed by atoms with Crippen LogP contribution < -0.4 is 5.32 Å². The van der Waals surface area contributed by atoms with Crippen LogP contribution in [-0.2, 0) is 14.3 Å². The summed E-state index contributed by atoms with van der Waals surface area (Å²) in [7, 11) is 0. The highest BCUT2D eigenvalue weighted by Crippen LogP contribution is 2.16. The summed E-state index contributed by atoms with van der Waals surface area (Å²) in [6.45, 7) is 7.85. The lowest BCUT2D eigenvalue weighted by Crippen LogP contribution is -2.20. The number of benzene rings is 2. The fraction of sp³-hybridized carbons (Fsp3) is 0.273. The SMILES string of the molecule is Cc1ccc(NC(=O)COC(=O)/C=C/c2ccc(C(C)C)cc2)c(C)c1. The first-order valence-corrected chi connectivity index (χ1v) is 8.67. The largest absolute Gasteiger partial charge is 0.452 e. The van der Waals surface area contributed by atoms with Gasteiger partial charge in [0.15, 0.2) is 6.61 Å². The lowest BCUT2D eigenvalue weighted by atomic mass is 10.0. The van der Waals surface area contributed by atoms with Gasteiger partial charge in [0.25, 0.3) is 5.91 Å². The van der Waals surface area contributed by atoms with Crippen molar-refractivity contribution in [2.45, 2.75) is 33.6 Å². The molecule has 2 aromatic rings. The van der Waals surface area contributed by atoms with Gasteiger partial charge in [0.05, 0.1) is 0 Å². The maximum Gasteiger partial charge on any atom is 0.331 e. The normalized spacial score (nSPS) is 11.0. The van der Waals surface area contributed by atoms with Crippen molar-refractivity contribution in [2.75, 3.05) is 11.9 Å². The molecule has 0 unspecified atom stereocenters. The number of hydrogen-bond acceptors (Lipinski definition) is 3. The van der Waals surface area contributed by atoms with Crippen LogP contribution in [0, 0.1) is 13.8 Å². The van der Waals surface area contributed by atoms with E-state index in [4.69, 9.17) is 4.74 Å². The molecule has 0 fully saturated rings. The van der Waals surface area contributed by atoms with E-state index in [-0.39, 0.29) is 12.5 Å². The first kappa shape index (κ1) is 19.4. The Hall–Kier alpha value is -2.88. The predicted molar refractivity (Wildman–Crippen MR) is 105 cm³/mol. The van der Waals surface area contributed by atoms with Gasteiger partial charge in [-0.15, -0.1) is 0 Å². The summed E-state index contributed by atoms with van der Waals surface area (Å²) >= 11 is 0. The van der Waals surface area contributed by atoms with Crippen molar-refractivity contribution in [2.24, 2.45) is 0 Å². The molecule has 0 saturated carbocycles. The number of aryl methyl sites for hydroxylation is 2. The summed E-state index contributed by atoms with van der Waals surface area (Å²) in [5, 5.41) is 2.74. The maximum atomic E-state index is 11.9. The molecule has 0 aliphatic heterocycles. The molecule has 0 spiro atoms. The van der Waals surface area contributed by atoms with Crippen LogP contribution in [0.25, 0.3) is 6.08 Å². The lowest BCUT2D eigenvalue weighted by Gasteiger charge is -2.09. The highest BCUT2D eigenvalue weighted by molar-refractivity contribution is 5.95. The van der Waals surface area contributed by atoms with Gasteiger partial charge in [-0.05, 0) is 48.6 Å². The van der Waals surface area contributed by atoms with Crippen molar-refractivity contribution in [3.63, 3.8) is 0 Å². The molecule has 0 heterocycles. The highest BCUT2D eigenvalue weighted by atomic mass is 16.5. The van der Waals surface area contributed by atoms with Crippen LogP contribution in [-0.4, -0.2) is 18.5 Å². The fourth-order valence-electron chi connectivity index (χ4n) is 2.48. The summed E-state index contributed by atoms with van der Waals surface area (Å²) in [4.78, 5) is 23.7. The molecule has 26 heavy (non-hydrogen) atoms. The Morgan fingerprint density at radius 3 is 2.38 bits per heavy atom. The molecule has 1 amide bonds. The van der Waals surface area contributed by atoms with E-state index in [1.807, 2.05) is 56.3 Å². The molecular formula is C22H25NO3. The molecule has 0 bridgehead atoms. The molecule has 0 aliphatic carbocycles. The minimum Gasteiger partial charge on any atom is -0.452 e. The Kier molecular flexibility index (Phi) is 6.73. The van der Waals surface area contributed by atoms with Crippen LogP contribution >= 0.6 is 0 Å². The van der Waals surface area contributed by atoms with Crippen molar-refractivity contribution < 1.29 is 14.3 Å². The predicted octanol–water partition coefficient (Wildman–Crippen LogP) is 4.62. The van der Waals surface area contributed by atoms with E-state index in [9.17, 15) is 9.59 Å². The lowest BCUT2D eigenvalue weighted by molar-refractivity contribution is -0.142. The van der Waals surface area contributed by atoms with Crippen LogP contribution in [0.15, 0.2) is 48.5 Å². The molecular weight excluding hydrogens is 326 g/mol. The molecule has 0 radical (unpaired) electrons. The number of nitrogens with one attached hydrogen (secondary N) is 1. The minimum atomic E-state index is -0.547. The van der Waals surface area contributed by atoms with E-state index in [1.165, 1.54) is 11.6 Å². The average Bonchev–Trinajstić information content (AvgIpc) is 2.61. The van der Waals surface area contributed by atoms with Gasteiger partial charge in [-0.25, -0.2) is 4.79 Å². The smallest absolute Gasteiger partial charge is 0.331 e. The Morgan fingerprint density at radius 2 is 1.77 bits per heavy atom. The van der Waals surface area contributed by atoms with Crippen LogP contribution in [0.2, 0.25) is 0 Å². The van der Waals surface area contributed by atoms with Crippen molar-refractivity contribution in [3.05, 3.63) is 70.8 Å². The molecule has 0 atom stereocenters. The van der Waals surface area contributed by atoms with Crippen molar-refractivity contribution in [1.29, 1.82) is 0 Å². The number of anilines is 1. The molecule has 2 rings (SSSR count). The average molecular weight is 351 g/mol. The molecule has 4 nitrogen and oxygen atoms in total. The van der Waals surface area contributed by atoms with Gasteiger partial charge in [0, 0.05) is 11.8 Å². The summed E-state index contributed by atoms with van der Waals surface area (Å²) < 4.78 is 4.99. The van der Waals surface area contributed by atoms with Crippen LogP contribution in [0.4, 0.5) is 5.69 Å². The van der Waals surface area contributed by atoms with Gasteiger partial charge in [-0.2, -0.15) is 0 Å². The molecule has 0 aliphatic rings. The molecule has 0 aromatic heterocycles. The van der Waals surface area contributed by atoms with Gasteiger partial charge in [0.1, 0.15) is 0 Å². The third-order valence-corrected chi connectivity index (χ3v) is 4.02. The molecule has 2 aromatic carbocycles. The number of amides is 1. The first-order chi connectivity index (χ1) is 12.3. The Balaban J connectivity index is 1.83. The number of carbonyl (C=O) groups excluding carboxylic acids is 2. The molecule has 0 saturated heterocycles. The third kappa shape index (κ3) is 5.88. The first-order valence-electron chi connectivity index (χ1n) is 8.67. The number of carbonyl (C=O) groups is 2. The van der Waals surface area contributed by atoms with E-state index >= 15 is 0 Å². The van der Waals surface area contributed by atoms with Gasteiger partial charge >= 0.3 is 5.97 Å². The summed E-state index contributed by atoms with van der Waals surface area (Å²) in [5.41, 5.74) is 4.96. The van der Waals surface area contributed by atoms with Gasteiger partial charge in [0.2, 0.25) is 0 Å². The maximum absolute atomic E-state index is 11.9. The van der Waals surface area contributed by atoms with Crippen molar-refractivity contribution in [1.82, 2.24) is 0 Å².